The lowest BCUT2D eigenvalue weighted by atomic mass is 10.2. The van der Waals surface area contributed by atoms with Crippen LogP contribution in [0.1, 0.15) is 24.8 Å². The average molecular weight is 348 g/mol. The molecule has 0 radical (unpaired) electrons. The van der Waals surface area contributed by atoms with E-state index in [1.807, 2.05) is 0 Å². The van der Waals surface area contributed by atoms with E-state index in [0.717, 1.165) is 30.7 Å². The molecule has 0 aliphatic carbocycles. The van der Waals surface area contributed by atoms with Crippen molar-refractivity contribution in [1.82, 2.24) is 0 Å². The predicted molar refractivity (Wildman–Crippen MR) is 81.3 cm³/mol. The van der Waals surface area contributed by atoms with Gasteiger partial charge in [-0.3, -0.25) is 0 Å². The van der Waals surface area contributed by atoms with Gasteiger partial charge in [0, 0.05) is 22.0 Å². The Kier molecular flexibility index (Phi) is 7.60. The van der Waals surface area contributed by atoms with Gasteiger partial charge in [0.1, 0.15) is 5.75 Å². The minimum atomic E-state index is -0.997. The average Bonchev–Trinajstić information content (AvgIpc) is 2.38. The van der Waals surface area contributed by atoms with E-state index < -0.39 is 5.97 Å². The van der Waals surface area contributed by atoms with Crippen molar-refractivity contribution in [3.63, 3.8) is 0 Å². The number of carbonyl (C=O) groups is 1. The van der Waals surface area contributed by atoms with Crippen molar-refractivity contribution in [2.45, 2.75) is 19.3 Å². The minimum absolute atomic E-state index is 0.552. The van der Waals surface area contributed by atoms with Crippen LogP contribution in [0.25, 0.3) is 6.08 Å². The molecule has 0 saturated heterocycles. The zero-order chi connectivity index (χ0) is 14.1. The van der Waals surface area contributed by atoms with Gasteiger partial charge in [0.15, 0.2) is 0 Å². The molecule has 5 heteroatoms. The normalized spacial score (nSPS) is 10.8. The van der Waals surface area contributed by atoms with Crippen molar-refractivity contribution in [2.24, 2.45) is 0 Å². The van der Waals surface area contributed by atoms with Crippen LogP contribution in [0, 0.1) is 0 Å². The molecule has 104 valence electrons. The van der Waals surface area contributed by atoms with Gasteiger partial charge in [0.25, 0.3) is 0 Å². The summed E-state index contributed by atoms with van der Waals surface area (Å²) in [6.07, 6.45) is 5.75. The molecule has 0 spiro atoms. The molecule has 0 aliphatic rings. The van der Waals surface area contributed by atoms with E-state index in [-0.39, 0.29) is 0 Å². The Bertz CT molecular complexity index is 446. The number of alkyl halides is 1. The number of hydrogen-bond donors (Lipinski definition) is 1. The van der Waals surface area contributed by atoms with E-state index in [0.29, 0.717) is 22.9 Å². The van der Waals surface area contributed by atoms with Gasteiger partial charge in [-0.05, 0) is 43.5 Å². The molecule has 0 aromatic heterocycles. The number of unbranched alkanes of at least 4 members (excludes halogenated alkanes) is 2. The van der Waals surface area contributed by atoms with Crippen molar-refractivity contribution in [3.8, 4) is 5.75 Å². The number of benzene rings is 1. The third kappa shape index (κ3) is 6.64. The van der Waals surface area contributed by atoms with Gasteiger partial charge < -0.3 is 9.84 Å². The van der Waals surface area contributed by atoms with Gasteiger partial charge in [-0.25, -0.2) is 4.79 Å². The summed E-state index contributed by atoms with van der Waals surface area (Å²) >= 11 is 9.27. The van der Waals surface area contributed by atoms with Crippen LogP contribution in [0.5, 0.6) is 5.75 Å². The highest BCUT2D eigenvalue weighted by atomic mass is 79.9. The summed E-state index contributed by atoms with van der Waals surface area (Å²) in [5.41, 5.74) is 0.676. The zero-order valence-corrected chi connectivity index (χ0v) is 12.8. The maximum absolute atomic E-state index is 10.5. The van der Waals surface area contributed by atoms with Crippen LogP contribution in [0.4, 0.5) is 0 Å². The van der Waals surface area contributed by atoms with E-state index in [4.69, 9.17) is 21.4 Å². The van der Waals surface area contributed by atoms with Gasteiger partial charge in [-0.2, -0.15) is 0 Å². The molecule has 1 N–H and O–H groups in total. The number of carboxylic acids is 1. The Morgan fingerprint density at radius 3 is 2.84 bits per heavy atom. The van der Waals surface area contributed by atoms with E-state index in [1.165, 1.54) is 6.08 Å². The second-order valence-electron chi connectivity index (χ2n) is 3.95. The maximum atomic E-state index is 10.5. The molecule has 0 fully saturated rings. The second-order valence-corrected chi connectivity index (χ2v) is 5.18. The largest absolute Gasteiger partial charge is 0.493 e. The third-order valence-electron chi connectivity index (χ3n) is 2.41. The lowest BCUT2D eigenvalue weighted by Crippen LogP contribution is -1.99. The van der Waals surface area contributed by atoms with Crippen molar-refractivity contribution >= 4 is 39.6 Å². The third-order valence-corrected chi connectivity index (χ3v) is 3.21. The van der Waals surface area contributed by atoms with Crippen LogP contribution < -0.4 is 4.74 Å². The summed E-state index contributed by atoms with van der Waals surface area (Å²) in [5.74, 6) is -0.344. The zero-order valence-electron chi connectivity index (χ0n) is 10.4. The van der Waals surface area contributed by atoms with Gasteiger partial charge >= 0.3 is 5.97 Å². The predicted octanol–water partition coefficient (Wildman–Crippen LogP) is 4.38. The molecule has 0 heterocycles. The van der Waals surface area contributed by atoms with Crippen molar-refractivity contribution in [1.29, 1.82) is 0 Å². The summed E-state index contributed by atoms with van der Waals surface area (Å²) < 4.78 is 5.65. The van der Waals surface area contributed by atoms with Crippen LogP contribution in [0.15, 0.2) is 24.3 Å². The van der Waals surface area contributed by atoms with Crippen LogP contribution in [0.2, 0.25) is 5.02 Å². The van der Waals surface area contributed by atoms with Crippen molar-refractivity contribution in [2.75, 3.05) is 11.9 Å². The summed E-state index contributed by atoms with van der Waals surface area (Å²) in [6.45, 7) is 0.614. The Morgan fingerprint density at radius 1 is 1.37 bits per heavy atom. The first kappa shape index (κ1) is 16.1. The SMILES string of the molecule is O=C(O)/C=C/c1cc(Cl)ccc1OCCCCCBr. The molecule has 0 amide bonds. The topological polar surface area (TPSA) is 46.5 Å². The first-order valence-corrected chi connectivity index (χ1v) is 7.52. The minimum Gasteiger partial charge on any atom is -0.493 e. The van der Waals surface area contributed by atoms with Crippen LogP contribution in [0.3, 0.4) is 0 Å². The maximum Gasteiger partial charge on any atom is 0.328 e. The summed E-state index contributed by atoms with van der Waals surface area (Å²) in [6, 6.07) is 5.18. The van der Waals surface area contributed by atoms with Gasteiger partial charge in [-0.15, -0.1) is 0 Å². The van der Waals surface area contributed by atoms with Gasteiger partial charge in [0.05, 0.1) is 6.61 Å². The Labute approximate surface area is 126 Å². The Hall–Kier alpha value is -1.000. The van der Waals surface area contributed by atoms with Crippen LogP contribution >= 0.6 is 27.5 Å². The highest BCUT2D eigenvalue weighted by Gasteiger charge is 2.03. The molecule has 19 heavy (non-hydrogen) atoms. The first-order chi connectivity index (χ1) is 9.13. The summed E-state index contributed by atoms with van der Waals surface area (Å²) in [5, 5.41) is 10.2. The molecule has 0 unspecified atom stereocenters. The van der Waals surface area contributed by atoms with E-state index in [2.05, 4.69) is 15.9 Å². The highest BCUT2D eigenvalue weighted by Crippen LogP contribution is 2.24. The summed E-state index contributed by atoms with van der Waals surface area (Å²) in [7, 11) is 0. The fourth-order valence-electron chi connectivity index (χ4n) is 1.50. The molecular weight excluding hydrogens is 332 g/mol. The second kappa shape index (κ2) is 8.99. The lowest BCUT2D eigenvalue weighted by Gasteiger charge is -2.09. The number of hydrogen-bond acceptors (Lipinski definition) is 2. The highest BCUT2D eigenvalue weighted by molar-refractivity contribution is 9.09. The smallest absolute Gasteiger partial charge is 0.328 e. The molecule has 3 nitrogen and oxygen atoms in total. The standard InChI is InChI=1S/C14H16BrClO3/c15-8-2-1-3-9-19-13-6-5-12(16)10-11(13)4-7-14(17)18/h4-7,10H,1-3,8-9H2,(H,17,18)/b7-4+. The molecule has 0 aliphatic heterocycles. The summed E-state index contributed by atoms with van der Waals surface area (Å²) in [4.78, 5) is 10.5. The van der Waals surface area contributed by atoms with Crippen molar-refractivity contribution < 1.29 is 14.6 Å². The number of aliphatic carboxylic acids is 1. The van der Waals surface area contributed by atoms with Gasteiger partial charge in [-0.1, -0.05) is 27.5 Å². The monoisotopic (exact) mass is 346 g/mol. The quantitative estimate of drug-likeness (QED) is 0.431. The Balaban J connectivity index is 2.63. The number of ether oxygens (including phenoxy) is 1. The molecule has 1 aromatic rings. The van der Waals surface area contributed by atoms with Crippen LogP contribution in [-0.4, -0.2) is 23.0 Å². The molecule has 0 atom stereocenters. The Morgan fingerprint density at radius 2 is 2.16 bits per heavy atom. The van der Waals surface area contributed by atoms with Crippen molar-refractivity contribution in [3.05, 3.63) is 34.9 Å². The fourth-order valence-corrected chi connectivity index (χ4v) is 2.07. The fraction of sp³-hybridized carbons (Fsp3) is 0.357. The molecule has 1 aromatic carbocycles. The number of rotatable bonds is 8. The molecular formula is C14H16BrClO3. The lowest BCUT2D eigenvalue weighted by molar-refractivity contribution is -0.131. The van der Waals surface area contributed by atoms with E-state index >= 15 is 0 Å². The number of halogens is 2. The molecule has 0 bridgehead atoms. The van der Waals surface area contributed by atoms with E-state index in [9.17, 15) is 4.79 Å². The van der Waals surface area contributed by atoms with Crippen LogP contribution in [-0.2, 0) is 4.79 Å². The molecule has 0 saturated carbocycles. The number of carboxylic acid groups (broad SMARTS) is 1. The van der Waals surface area contributed by atoms with E-state index in [1.54, 1.807) is 18.2 Å². The van der Waals surface area contributed by atoms with Gasteiger partial charge in [0.2, 0.25) is 0 Å². The molecule has 1 rings (SSSR count). The first-order valence-electron chi connectivity index (χ1n) is 6.03.